The zero-order valence-corrected chi connectivity index (χ0v) is 17.0. The maximum atomic E-state index is 12.2. The number of nitrogens with zero attached hydrogens (tertiary/aromatic N) is 4. The molecule has 0 aromatic heterocycles. The van der Waals surface area contributed by atoms with Crippen LogP contribution in [0, 0.1) is 0 Å². The first kappa shape index (κ1) is 19.5. The van der Waals surface area contributed by atoms with Crippen LogP contribution < -0.4 is 20.5 Å². The van der Waals surface area contributed by atoms with Gasteiger partial charge in [0, 0.05) is 43.2 Å². The molecule has 2 heterocycles. The number of cyclic esters (lactones) is 1. The number of anilines is 3. The van der Waals surface area contributed by atoms with Crippen LogP contribution in [-0.4, -0.2) is 62.0 Å². The number of amides is 1. The van der Waals surface area contributed by atoms with Crippen LogP contribution in [0.25, 0.3) is 0 Å². The lowest BCUT2D eigenvalue weighted by atomic mass is 10.2. The molecule has 2 aliphatic rings. The minimum absolute atomic E-state index is 0.294. The predicted octanol–water partition coefficient (Wildman–Crippen LogP) is 2.47. The zero-order chi connectivity index (χ0) is 20.2. The SMILES string of the molecule is NN(C=S)C[C@H]1CN(c2ccc(N3CCN(c4ccccc4)CC3)cc2)C(=O)O1. The third-order valence-corrected chi connectivity index (χ3v) is 5.62. The van der Waals surface area contributed by atoms with Gasteiger partial charge in [0.25, 0.3) is 0 Å². The monoisotopic (exact) mass is 411 g/mol. The third kappa shape index (κ3) is 4.44. The number of carbonyl (C=O) groups is 1. The van der Waals surface area contributed by atoms with Gasteiger partial charge >= 0.3 is 6.09 Å². The summed E-state index contributed by atoms with van der Waals surface area (Å²) in [5.41, 5.74) is 4.62. The topological polar surface area (TPSA) is 65.3 Å². The molecule has 29 heavy (non-hydrogen) atoms. The molecule has 2 N–H and O–H groups in total. The number of thiocarbonyl (C=S) groups is 1. The van der Waals surface area contributed by atoms with Gasteiger partial charge in [-0.15, -0.1) is 0 Å². The van der Waals surface area contributed by atoms with E-state index in [0.29, 0.717) is 13.1 Å². The highest BCUT2D eigenvalue weighted by Crippen LogP contribution is 2.26. The zero-order valence-electron chi connectivity index (χ0n) is 16.2. The fourth-order valence-electron chi connectivity index (χ4n) is 3.81. The van der Waals surface area contributed by atoms with Gasteiger partial charge in [-0.05, 0) is 36.4 Å². The molecule has 7 nitrogen and oxygen atoms in total. The Bertz CT molecular complexity index is 840. The van der Waals surface area contributed by atoms with Gasteiger partial charge in [-0.2, -0.15) is 0 Å². The molecular formula is C21H25N5O2S. The number of rotatable bonds is 6. The Morgan fingerprint density at radius 1 is 0.966 bits per heavy atom. The summed E-state index contributed by atoms with van der Waals surface area (Å²) in [4.78, 5) is 18.6. The average Bonchev–Trinajstić information content (AvgIpc) is 3.14. The maximum absolute atomic E-state index is 12.2. The van der Waals surface area contributed by atoms with Crippen molar-refractivity contribution in [3.8, 4) is 0 Å². The molecule has 152 valence electrons. The normalized spacial score (nSPS) is 19.3. The minimum Gasteiger partial charge on any atom is -0.442 e. The molecule has 2 fully saturated rings. The molecule has 0 spiro atoms. The quantitative estimate of drug-likeness (QED) is 0.445. The molecule has 0 saturated carbocycles. The van der Waals surface area contributed by atoms with E-state index in [0.717, 1.165) is 31.9 Å². The molecule has 2 aromatic carbocycles. The van der Waals surface area contributed by atoms with E-state index in [-0.39, 0.29) is 12.2 Å². The first-order chi connectivity index (χ1) is 14.1. The summed E-state index contributed by atoms with van der Waals surface area (Å²) < 4.78 is 5.38. The number of nitrogens with two attached hydrogens (primary N) is 1. The number of benzene rings is 2. The molecule has 0 unspecified atom stereocenters. The largest absolute Gasteiger partial charge is 0.442 e. The second kappa shape index (κ2) is 8.67. The van der Waals surface area contributed by atoms with Crippen LogP contribution in [0.4, 0.5) is 21.9 Å². The number of hydrogen-bond donors (Lipinski definition) is 1. The second-order valence-electron chi connectivity index (χ2n) is 7.24. The van der Waals surface area contributed by atoms with Crippen LogP contribution in [-0.2, 0) is 4.74 Å². The second-order valence-corrected chi connectivity index (χ2v) is 7.46. The van der Waals surface area contributed by atoms with Gasteiger partial charge in [0.1, 0.15) is 6.10 Å². The molecule has 1 atom stereocenters. The van der Waals surface area contributed by atoms with Gasteiger partial charge in [-0.1, -0.05) is 30.4 Å². The van der Waals surface area contributed by atoms with Crippen molar-refractivity contribution in [2.45, 2.75) is 6.10 Å². The number of hydrazine groups is 1. The Morgan fingerprint density at radius 3 is 2.10 bits per heavy atom. The van der Waals surface area contributed by atoms with Crippen molar-refractivity contribution in [3.63, 3.8) is 0 Å². The van der Waals surface area contributed by atoms with E-state index in [1.807, 2.05) is 18.2 Å². The van der Waals surface area contributed by atoms with E-state index in [4.69, 9.17) is 22.8 Å². The molecule has 2 aromatic rings. The summed E-state index contributed by atoms with van der Waals surface area (Å²) in [6.45, 7) is 4.75. The number of piperazine rings is 1. The highest BCUT2D eigenvalue weighted by Gasteiger charge is 2.33. The lowest BCUT2D eigenvalue weighted by Crippen LogP contribution is -2.46. The Balaban J connectivity index is 1.35. The van der Waals surface area contributed by atoms with Crippen LogP contribution in [0.15, 0.2) is 54.6 Å². The first-order valence-electron chi connectivity index (χ1n) is 9.74. The molecule has 0 bridgehead atoms. The van der Waals surface area contributed by atoms with Crippen LogP contribution in [0.1, 0.15) is 0 Å². The van der Waals surface area contributed by atoms with Crippen molar-refractivity contribution in [1.82, 2.24) is 5.01 Å². The molecule has 2 saturated heterocycles. The summed E-state index contributed by atoms with van der Waals surface area (Å²) in [7, 11) is 0. The number of hydrogen-bond acceptors (Lipinski definition) is 6. The molecular weight excluding hydrogens is 386 g/mol. The molecule has 8 heteroatoms. The van der Waals surface area contributed by atoms with E-state index >= 15 is 0 Å². The van der Waals surface area contributed by atoms with Gasteiger partial charge in [0.15, 0.2) is 0 Å². The van der Waals surface area contributed by atoms with E-state index in [1.54, 1.807) is 4.90 Å². The maximum Gasteiger partial charge on any atom is 0.414 e. The fourth-order valence-corrected chi connectivity index (χ4v) is 3.90. The van der Waals surface area contributed by atoms with Crippen LogP contribution in [0.3, 0.4) is 0 Å². The van der Waals surface area contributed by atoms with Crippen molar-refractivity contribution in [2.75, 3.05) is 54.0 Å². The summed E-state index contributed by atoms with van der Waals surface area (Å²) in [6, 6.07) is 18.6. The van der Waals surface area contributed by atoms with E-state index < -0.39 is 0 Å². The molecule has 1 amide bonds. The highest BCUT2D eigenvalue weighted by molar-refractivity contribution is 7.78. The molecule has 2 aliphatic heterocycles. The highest BCUT2D eigenvalue weighted by atomic mass is 32.1. The smallest absolute Gasteiger partial charge is 0.414 e. The molecule has 0 radical (unpaired) electrons. The van der Waals surface area contributed by atoms with Gasteiger partial charge in [0.05, 0.1) is 18.6 Å². The van der Waals surface area contributed by atoms with Crippen molar-refractivity contribution in [2.24, 2.45) is 5.84 Å². The summed E-state index contributed by atoms with van der Waals surface area (Å²) in [5.74, 6) is 5.69. The molecule has 0 aliphatic carbocycles. The summed E-state index contributed by atoms with van der Waals surface area (Å²) >= 11 is 4.79. The van der Waals surface area contributed by atoms with Crippen molar-refractivity contribution in [3.05, 3.63) is 54.6 Å². The van der Waals surface area contributed by atoms with Crippen molar-refractivity contribution in [1.29, 1.82) is 0 Å². The van der Waals surface area contributed by atoms with Gasteiger partial charge in [0.2, 0.25) is 0 Å². The Hall–Kier alpha value is -2.84. The van der Waals surface area contributed by atoms with Crippen LogP contribution >= 0.6 is 12.2 Å². The van der Waals surface area contributed by atoms with Crippen LogP contribution in [0.2, 0.25) is 0 Å². The van der Waals surface area contributed by atoms with Crippen molar-refractivity contribution >= 4 is 40.9 Å². The van der Waals surface area contributed by atoms with Crippen molar-refractivity contribution < 1.29 is 9.53 Å². The van der Waals surface area contributed by atoms with E-state index in [9.17, 15) is 4.79 Å². The van der Waals surface area contributed by atoms with Crippen LogP contribution in [0.5, 0.6) is 0 Å². The number of para-hydroxylation sites is 1. The third-order valence-electron chi connectivity index (χ3n) is 5.35. The Labute approximate surface area is 176 Å². The average molecular weight is 412 g/mol. The summed E-state index contributed by atoms with van der Waals surface area (Å²) in [6.07, 6.45) is -0.644. The fraction of sp³-hybridized carbons (Fsp3) is 0.333. The molecule has 4 rings (SSSR count). The van der Waals surface area contributed by atoms with E-state index in [2.05, 4.69) is 46.2 Å². The standard InChI is InChI=1S/C21H25N5O2S/c22-25(16-29)14-20-15-26(21(27)28-20)19-8-6-18(7-9-19)24-12-10-23(11-13-24)17-4-2-1-3-5-17/h1-9,16,20H,10-15,22H2/t20-/m0/s1. The Morgan fingerprint density at radius 2 is 1.52 bits per heavy atom. The Kier molecular flexibility index (Phi) is 5.82. The van der Waals surface area contributed by atoms with E-state index in [1.165, 1.54) is 21.9 Å². The van der Waals surface area contributed by atoms with Gasteiger partial charge in [-0.25, -0.2) is 10.6 Å². The van der Waals surface area contributed by atoms with Gasteiger partial charge < -0.3 is 19.5 Å². The van der Waals surface area contributed by atoms with Gasteiger partial charge in [-0.3, -0.25) is 4.90 Å². The summed E-state index contributed by atoms with van der Waals surface area (Å²) in [5, 5.41) is 1.36. The lowest BCUT2D eigenvalue weighted by Gasteiger charge is -2.37. The minimum atomic E-state index is -0.350. The number of carbonyl (C=O) groups excluding carboxylic acids is 1. The first-order valence-corrected chi connectivity index (χ1v) is 10.2. The number of ether oxygens (including phenoxy) is 1. The predicted molar refractivity (Wildman–Crippen MR) is 119 cm³/mol. The lowest BCUT2D eigenvalue weighted by molar-refractivity contribution is 0.127.